The van der Waals surface area contributed by atoms with Crippen LogP contribution in [0.3, 0.4) is 0 Å². The summed E-state index contributed by atoms with van der Waals surface area (Å²) in [6, 6.07) is -0.361. The summed E-state index contributed by atoms with van der Waals surface area (Å²) in [6.07, 6.45) is 2.22. The average molecular weight is 356 g/mol. The number of hydrogen-bond acceptors (Lipinski definition) is 6. The number of nitrogens with zero attached hydrogens (tertiary/aromatic N) is 1. The van der Waals surface area contributed by atoms with Gasteiger partial charge in [-0.2, -0.15) is 0 Å². The molecule has 0 saturated carbocycles. The third kappa shape index (κ3) is 9.16. The van der Waals surface area contributed by atoms with Crippen LogP contribution in [0.2, 0.25) is 0 Å². The van der Waals surface area contributed by atoms with Crippen LogP contribution in [-0.4, -0.2) is 80.9 Å². The summed E-state index contributed by atoms with van der Waals surface area (Å²) in [7, 11) is 0. The number of amides is 3. The summed E-state index contributed by atoms with van der Waals surface area (Å²) in [6.45, 7) is 4.56. The first-order valence-electron chi connectivity index (χ1n) is 8.59. The predicted molar refractivity (Wildman–Crippen MR) is 90.8 cm³/mol. The van der Waals surface area contributed by atoms with Gasteiger partial charge in [0, 0.05) is 39.5 Å². The maximum atomic E-state index is 12.5. The van der Waals surface area contributed by atoms with E-state index in [1.807, 2.05) is 4.90 Å². The van der Waals surface area contributed by atoms with Gasteiger partial charge in [0.2, 0.25) is 17.7 Å². The van der Waals surface area contributed by atoms with Gasteiger partial charge in [0.1, 0.15) is 6.29 Å². The van der Waals surface area contributed by atoms with E-state index in [0.717, 1.165) is 6.29 Å². The second-order valence-corrected chi connectivity index (χ2v) is 5.81. The Hall–Kier alpha value is -2.00. The van der Waals surface area contributed by atoms with Crippen LogP contribution < -0.4 is 16.0 Å². The molecular weight excluding hydrogens is 328 g/mol. The SMILES string of the molecule is CC(=O)NCCCC(C(=O)NCC(=O)NCCC=O)N1CCOCC1. The van der Waals surface area contributed by atoms with Gasteiger partial charge in [-0.1, -0.05) is 0 Å². The van der Waals surface area contributed by atoms with Crippen LogP contribution in [0.25, 0.3) is 0 Å². The molecule has 0 aliphatic carbocycles. The summed E-state index contributed by atoms with van der Waals surface area (Å²) < 4.78 is 5.32. The Morgan fingerprint density at radius 3 is 2.48 bits per heavy atom. The van der Waals surface area contributed by atoms with Crippen molar-refractivity contribution in [2.45, 2.75) is 32.2 Å². The van der Waals surface area contributed by atoms with E-state index in [1.54, 1.807) is 0 Å². The summed E-state index contributed by atoms with van der Waals surface area (Å²) >= 11 is 0. The van der Waals surface area contributed by atoms with Crippen molar-refractivity contribution in [2.75, 3.05) is 45.9 Å². The summed E-state index contributed by atoms with van der Waals surface area (Å²) in [5.74, 6) is -0.635. The molecule has 0 aromatic rings. The van der Waals surface area contributed by atoms with Crippen molar-refractivity contribution in [3.63, 3.8) is 0 Å². The number of hydrogen-bond donors (Lipinski definition) is 3. The van der Waals surface area contributed by atoms with Gasteiger partial charge in [-0.3, -0.25) is 19.3 Å². The maximum Gasteiger partial charge on any atom is 0.239 e. The quantitative estimate of drug-likeness (QED) is 0.304. The van der Waals surface area contributed by atoms with Crippen LogP contribution in [0, 0.1) is 0 Å². The van der Waals surface area contributed by atoms with Crippen molar-refractivity contribution in [3.05, 3.63) is 0 Å². The predicted octanol–water partition coefficient (Wildman–Crippen LogP) is -1.58. The molecule has 142 valence electrons. The Morgan fingerprint density at radius 1 is 1.12 bits per heavy atom. The zero-order chi connectivity index (χ0) is 18.5. The summed E-state index contributed by atoms with van der Waals surface area (Å²) in [4.78, 5) is 47.3. The van der Waals surface area contributed by atoms with E-state index in [0.29, 0.717) is 45.7 Å². The number of aldehydes is 1. The molecule has 1 rings (SSSR count). The number of carbonyl (C=O) groups is 4. The lowest BCUT2D eigenvalue weighted by atomic mass is 10.1. The molecule has 9 heteroatoms. The van der Waals surface area contributed by atoms with Gasteiger partial charge in [-0.25, -0.2) is 0 Å². The van der Waals surface area contributed by atoms with E-state index in [4.69, 9.17) is 4.74 Å². The van der Waals surface area contributed by atoms with E-state index in [-0.39, 0.29) is 43.3 Å². The van der Waals surface area contributed by atoms with Crippen LogP contribution >= 0.6 is 0 Å². The Labute approximate surface area is 147 Å². The number of ether oxygens (including phenoxy) is 1. The van der Waals surface area contributed by atoms with Gasteiger partial charge in [0.15, 0.2) is 0 Å². The highest BCUT2D eigenvalue weighted by Gasteiger charge is 2.27. The lowest BCUT2D eigenvalue weighted by molar-refractivity contribution is -0.131. The number of rotatable bonds is 11. The van der Waals surface area contributed by atoms with Gasteiger partial charge in [0.05, 0.1) is 25.8 Å². The molecule has 1 saturated heterocycles. The Kier molecular flexibility index (Phi) is 10.4. The van der Waals surface area contributed by atoms with Crippen LogP contribution in [0.4, 0.5) is 0 Å². The van der Waals surface area contributed by atoms with Gasteiger partial charge in [0.25, 0.3) is 0 Å². The van der Waals surface area contributed by atoms with E-state index in [1.165, 1.54) is 6.92 Å². The highest BCUT2D eigenvalue weighted by molar-refractivity contribution is 5.87. The molecule has 1 fully saturated rings. The fourth-order valence-electron chi connectivity index (χ4n) is 2.55. The molecule has 0 aromatic carbocycles. The monoisotopic (exact) mass is 356 g/mol. The molecule has 1 unspecified atom stereocenters. The minimum atomic E-state index is -0.361. The Morgan fingerprint density at radius 2 is 1.84 bits per heavy atom. The molecule has 1 heterocycles. The molecule has 1 aliphatic rings. The topological polar surface area (TPSA) is 117 Å². The van der Waals surface area contributed by atoms with Gasteiger partial charge < -0.3 is 25.5 Å². The maximum absolute atomic E-state index is 12.5. The first-order chi connectivity index (χ1) is 12.0. The molecule has 3 N–H and O–H groups in total. The molecule has 0 radical (unpaired) electrons. The molecule has 1 aliphatic heterocycles. The van der Waals surface area contributed by atoms with Gasteiger partial charge in [-0.05, 0) is 12.8 Å². The number of carbonyl (C=O) groups excluding carboxylic acids is 4. The van der Waals surface area contributed by atoms with Crippen molar-refractivity contribution in [1.29, 1.82) is 0 Å². The fourth-order valence-corrected chi connectivity index (χ4v) is 2.55. The molecule has 0 aromatic heterocycles. The van der Waals surface area contributed by atoms with Crippen molar-refractivity contribution >= 4 is 24.0 Å². The molecule has 0 bridgehead atoms. The lowest BCUT2D eigenvalue weighted by Gasteiger charge is -2.33. The summed E-state index contributed by atoms with van der Waals surface area (Å²) in [5.41, 5.74) is 0. The highest BCUT2D eigenvalue weighted by Crippen LogP contribution is 2.10. The second-order valence-electron chi connectivity index (χ2n) is 5.81. The van der Waals surface area contributed by atoms with Gasteiger partial charge in [-0.15, -0.1) is 0 Å². The Balaban J connectivity index is 2.45. The molecule has 9 nitrogen and oxygen atoms in total. The zero-order valence-electron chi connectivity index (χ0n) is 14.7. The van der Waals surface area contributed by atoms with Crippen LogP contribution in [0.5, 0.6) is 0 Å². The first-order valence-corrected chi connectivity index (χ1v) is 8.59. The summed E-state index contributed by atoms with van der Waals surface area (Å²) in [5, 5.41) is 7.92. The largest absolute Gasteiger partial charge is 0.379 e. The van der Waals surface area contributed by atoms with E-state index in [2.05, 4.69) is 16.0 Å². The van der Waals surface area contributed by atoms with E-state index >= 15 is 0 Å². The number of nitrogens with one attached hydrogen (secondary N) is 3. The minimum Gasteiger partial charge on any atom is -0.379 e. The minimum absolute atomic E-state index is 0.0978. The third-order valence-electron chi connectivity index (χ3n) is 3.82. The van der Waals surface area contributed by atoms with Crippen LogP contribution in [-0.2, 0) is 23.9 Å². The molecule has 3 amide bonds. The average Bonchev–Trinajstić information content (AvgIpc) is 2.60. The third-order valence-corrected chi connectivity index (χ3v) is 3.82. The van der Waals surface area contributed by atoms with Crippen LogP contribution in [0.15, 0.2) is 0 Å². The fraction of sp³-hybridized carbons (Fsp3) is 0.750. The Bertz CT molecular complexity index is 452. The van der Waals surface area contributed by atoms with Crippen molar-refractivity contribution in [1.82, 2.24) is 20.9 Å². The molecular formula is C16H28N4O5. The standard InChI is InChI=1S/C16H28N4O5/c1-13(22)17-5-2-4-14(20-7-10-25-11-8-20)16(24)19-12-15(23)18-6-3-9-21/h9,14H,2-8,10-12H2,1H3,(H,17,22)(H,18,23)(H,19,24). The number of morpholine rings is 1. The normalized spacial score (nSPS) is 15.9. The van der Waals surface area contributed by atoms with Crippen molar-refractivity contribution < 1.29 is 23.9 Å². The highest BCUT2D eigenvalue weighted by atomic mass is 16.5. The van der Waals surface area contributed by atoms with Gasteiger partial charge >= 0.3 is 0 Å². The smallest absolute Gasteiger partial charge is 0.239 e. The lowest BCUT2D eigenvalue weighted by Crippen LogP contribution is -2.52. The van der Waals surface area contributed by atoms with E-state index < -0.39 is 0 Å². The molecule has 1 atom stereocenters. The van der Waals surface area contributed by atoms with Crippen molar-refractivity contribution in [2.24, 2.45) is 0 Å². The molecule has 25 heavy (non-hydrogen) atoms. The second kappa shape index (κ2) is 12.4. The zero-order valence-corrected chi connectivity index (χ0v) is 14.7. The van der Waals surface area contributed by atoms with E-state index in [9.17, 15) is 19.2 Å². The molecule has 0 spiro atoms. The first kappa shape index (κ1) is 21.0. The van der Waals surface area contributed by atoms with Crippen molar-refractivity contribution in [3.8, 4) is 0 Å². The van der Waals surface area contributed by atoms with Crippen LogP contribution in [0.1, 0.15) is 26.2 Å².